The molecule has 150 valence electrons. The molecule has 6 nitrogen and oxygen atoms in total. The van der Waals surface area contributed by atoms with Gasteiger partial charge in [-0.25, -0.2) is 4.99 Å². The van der Waals surface area contributed by atoms with E-state index in [1.165, 1.54) is 11.8 Å². The lowest BCUT2D eigenvalue weighted by atomic mass is 10.1. The third-order valence-corrected chi connectivity index (χ3v) is 5.09. The number of nitrogens with zero attached hydrogens (tertiary/aromatic N) is 2. The number of amides is 1. The number of benzene rings is 2. The second-order valence-corrected chi connectivity index (χ2v) is 7.11. The predicted octanol–water partition coefficient (Wildman–Crippen LogP) is 3.73. The van der Waals surface area contributed by atoms with Crippen molar-refractivity contribution in [2.75, 3.05) is 19.5 Å². The highest BCUT2D eigenvalue weighted by molar-refractivity contribution is 8.14. The zero-order valence-corrected chi connectivity index (χ0v) is 17.1. The first-order valence-electron chi connectivity index (χ1n) is 9.19. The Bertz CT molecular complexity index is 924. The van der Waals surface area contributed by atoms with Crippen LogP contribution in [0.2, 0.25) is 0 Å². The number of esters is 1. The van der Waals surface area contributed by atoms with Gasteiger partial charge < -0.3 is 9.47 Å². The fourth-order valence-electron chi connectivity index (χ4n) is 2.73. The lowest BCUT2D eigenvalue weighted by Gasteiger charge is -2.17. The van der Waals surface area contributed by atoms with Crippen LogP contribution in [0.5, 0.6) is 5.75 Å². The molecule has 0 N–H and O–H groups in total. The van der Waals surface area contributed by atoms with Crippen LogP contribution in [0.1, 0.15) is 18.1 Å². The van der Waals surface area contributed by atoms with E-state index >= 15 is 0 Å². The van der Waals surface area contributed by atoms with Crippen LogP contribution in [-0.4, -0.2) is 41.4 Å². The van der Waals surface area contributed by atoms with Crippen molar-refractivity contribution in [3.8, 4) is 5.75 Å². The Morgan fingerprint density at radius 3 is 2.52 bits per heavy atom. The predicted molar refractivity (Wildman–Crippen MR) is 114 cm³/mol. The highest BCUT2D eigenvalue weighted by Crippen LogP contribution is 2.26. The summed E-state index contributed by atoms with van der Waals surface area (Å²) in [5, 5.41) is 0.492. The van der Waals surface area contributed by atoms with E-state index in [9.17, 15) is 9.59 Å². The number of hydrogen-bond donors (Lipinski definition) is 0. The Morgan fingerprint density at radius 2 is 1.86 bits per heavy atom. The van der Waals surface area contributed by atoms with E-state index in [1.54, 1.807) is 25.0 Å². The molecular formula is C22H22N2O4S. The average molecular weight is 410 g/mol. The third kappa shape index (κ3) is 5.48. The molecule has 1 amide bonds. The molecule has 1 aliphatic heterocycles. The summed E-state index contributed by atoms with van der Waals surface area (Å²) in [5.74, 6) is 0.307. The van der Waals surface area contributed by atoms with Crippen molar-refractivity contribution in [3.63, 3.8) is 0 Å². The highest BCUT2D eigenvalue weighted by Gasteiger charge is 2.31. The number of methoxy groups -OCH3 is 1. The maximum Gasteiger partial charge on any atom is 0.316 e. The Hall–Kier alpha value is -3.06. The van der Waals surface area contributed by atoms with Crippen molar-refractivity contribution in [1.82, 2.24) is 4.90 Å². The van der Waals surface area contributed by atoms with Gasteiger partial charge in [0.1, 0.15) is 11.4 Å². The SMILES string of the molecule is CCOC(=O)CSC1=N/C(=C\c2ccc(OC)cc2)C(=O)N1Cc1ccccc1. The number of rotatable bonds is 7. The average Bonchev–Trinajstić information content (AvgIpc) is 3.03. The molecule has 29 heavy (non-hydrogen) atoms. The number of carbonyl (C=O) groups is 2. The van der Waals surface area contributed by atoms with Crippen LogP contribution >= 0.6 is 11.8 Å². The minimum Gasteiger partial charge on any atom is -0.497 e. The minimum absolute atomic E-state index is 0.0983. The van der Waals surface area contributed by atoms with E-state index in [2.05, 4.69) is 4.99 Å². The van der Waals surface area contributed by atoms with E-state index in [1.807, 2.05) is 54.6 Å². The van der Waals surface area contributed by atoms with Gasteiger partial charge >= 0.3 is 5.97 Å². The molecule has 0 aromatic heterocycles. The Labute approximate surface area is 174 Å². The normalized spacial score (nSPS) is 14.8. The van der Waals surface area contributed by atoms with Gasteiger partial charge in [-0.2, -0.15) is 0 Å². The summed E-state index contributed by atoms with van der Waals surface area (Å²) in [7, 11) is 1.60. The number of ether oxygens (including phenoxy) is 2. The largest absolute Gasteiger partial charge is 0.497 e. The first-order chi connectivity index (χ1) is 14.1. The molecule has 2 aromatic carbocycles. The second kappa shape index (κ2) is 9.93. The number of amidine groups is 1. The molecule has 0 unspecified atom stereocenters. The molecule has 0 aliphatic carbocycles. The molecule has 0 saturated heterocycles. The van der Waals surface area contributed by atoms with Gasteiger partial charge in [-0.05, 0) is 36.3 Å². The van der Waals surface area contributed by atoms with Gasteiger partial charge in [-0.1, -0.05) is 54.2 Å². The summed E-state index contributed by atoms with van der Waals surface area (Å²) in [4.78, 5) is 30.8. The standard InChI is InChI=1S/C22H22N2O4S/c1-3-28-20(25)15-29-22-23-19(13-16-9-11-18(27-2)12-10-16)21(26)24(22)14-17-7-5-4-6-8-17/h4-13H,3,14-15H2,1-2H3/b19-13-. The molecule has 3 rings (SSSR count). The Morgan fingerprint density at radius 1 is 1.14 bits per heavy atom. The molecule has 0 bridgehead atoms. The van der Waals surface area contributed by atoms with Crippen molar-refractivity contribution in [1.29, 1.82) is 0 Å². The summed E-state index contributed by atoms with van der Waals surface area (Å²) < 4.78 is 10.1. The Kier molecular flexibility index (Phi) is 7.08. The molecule has 0 radical (unpaired) electrons. The van der Waals surface area contributed by atoms with Crippen LogP contribution in [0, 0.1) is 0 Å². The fraction of sp³-hybridized carbons (Fsp3) is 0.227. The summed E-state index contributed by atoms with van der Waals surface area (Å²) in [6, 6.07) is 17.0. The van der Waals surface area contributed by atoms with Crippen molar-refractivity contribution < 1.29 is 19.1 Å². The maximum absolute atomic E-state index is 13.0. The fourth-order valence-corrected chi connectivity index (χ4v) is 3.53. The van der Waals surface area contributed by atoms with Gasteiger partial charge in [0.05, 0.1) is 26.0 Å². The summed E-state index contributed by atoms with van der Waals surface area (Å²) in [6.45, 7) is 2.46. The van der Waals surface area contributed by atoms with Gasteiger partial charge in [-0.15, -0.1) is 0 Å². The maximum atomic E-state index is 13.0. The Balaban J connectivity index is 1.83. The van der Waals surface area contributed by atoms with Gasteiger partial charge in [0, 0.05) is 0 Å². The molecule has 1 aliphatic rings. The third-order valence-electron chi connectivity index (χ3n) is 4.14. The first kappa shape index (κ1) is 20.7. The quantitative estimate of drug-likeness (QED) is 0.514. The van der Waals surface area contributed by atoms with E-state index in [-0.39, 0.29) is 17.6 Å². The molecule has 0 spiro atoms. The molecular weight excluding hydrogens is 388 g/mol. The monoisotopic (exact) mass is 410 g/mol. The van der Waals surface area contributed by atoms with Gasteiger partial charge in [0.25, 0.3) is 5.91 Å². The van der Waals surface area contributed by atoms with E-state index in [4.69, 9.17) is 9.47 Å². The number of carbonyl (C=O) groups excluding carboxylic acids is 2. The smallest absolute Gasteiger partial charge is 0.316 e. The van der Waals surface area contributed by atoms with Crippen LogP contribution in [0.3, 0.4) is 0 Å². The van der Waals surface area contributed by atoms with E-state index in [0.717, 1.165) is 16.9 Å². The zero-order chi connectivity index (χ0) is 20.6. The highest BCUT2D eigenvalue weighted by atomic mass is 32.2. The number of hydrogen-bond acceptors (Lipinski definition) is 6. The molecule has 2 aromatic rings. The van der Waals surface area contributed by atoms with E-state index in [0.29, 0.717) is 24.0 Å². The molecule has 0 fully saturated rings. The molecule has 7 heteroatoms. The summed E-state index contributed by atoms with van der Waals surface area (Å²) >= 11 is 1.20. The topological polar surface area (TPSA) is 68.2 Å². The second-order valence-electron chi connectivity index (χ2n) is 6.17. The lowest BCUT2D eigenvalue weighted by molar-refractivity contribution is -0.139. The van der Waals surface area contributed by atoms with Crippen LogP contribution in [0.4, 0.5) is 0 Å². The summed E-state index contributed by atoms with van der Waals surface area (Å²) in [5.41, 5.74) is 2.16. The van der Waals surface area contributed by atoms with Gasteiger partial charge in [-0.3, -0.25) is 14.5 Å². The van der Waals surface area contributed by atoms with E-state index < -0.39 is 0 Å². The van der Waals surface area contributed by atoms with Crippen molar-refractivity contribution in [3.05, 3.63) is 71.4 Å². The number of aliphatic imine (C=N–C) groups is 1. The van der Waals surface area contributed by atoms with Crippen molar-refractivity contribution >= 4 is 34.9 Å². The van der Waals surface area contributed by atoms with Crippen LogP contribution in [0.25, 0.3) is 6.08 Å². The number of thioether (sulfide) groups is 1. The molecule has 0 saturated carbocycles. The van der Waals surface area contributed by atoms with Crippen molar-refractivity contribution in [2.24, 2.45) is 4.99 Å². The van der Waals surface area contributed by atoms with Gasteiger partial charge in [0.2, 0.25) is 0 Å². The van der Waals surface area contributed by atoms with Crippen LogP contribution in [-0.2, 0) is 20.9 Å². The zero-order valence-electron chi connectivity index (χ0n) is 16.3. The molecule has 1 heterocycles. The first-order valence-corrected chi connectivity index (χ1v) is 10.2. The van der Waals surface area contributed by atoms with Crippen molar-refractivity contribution in [2.45, 2.75) is 13.5 Å². The van der Waals surface area contributed by atoms with Gasteiger partial charge in [0.15, 0.2) is 5.17 Å². The van der Waals surface area contributed by atoms with Crippen LogP contribution < -0.4 is 4.74 Å². The molecule has 0 atom stereocenters. The lowest BCUT2D eigenvalue weighted by Crippen LogP contribution is -2.30. The summed E-state index contributed by atoms with van der Waals surface area (Å²) in [6.07, 6.45) is 1.73. The van der Waals surface area contributed by atoms with Crippen LogP contribution in [0.15, 0.2) is 65.3 Å². The minimum atomic E-state index is -0.333.